The Morgan fingerprint density at radius 1 is 0.900 bits per heavy atom. The van der Waals surface area contributed by atoms with Crippen molar-refractivity contribution < 1.29 is 0 Å². The third-order valence-corrected chi connectivity index (χ3v) is 4.36. The van der Waals surface area contributed by atoms with Crippen molar-refractivity contribution in [3.8, 4) is 0 Å². The monoisotopic (exact) mass is 278 g/mol. The molecule has 0 heterocycles. The average molecular weight is 279 g/mol. The van der Waals surface area contributed by atoms with Gasteiger partial charge >= 0.3 is 0 Å². The van der Waals surface area contributed by atoms with Crippen molar-refractivity contribution in [2.75, 3.05) is 0 Å². The van der Waals surface area contributed by atoms with Crippen molar-refractivity contribution in [3.05, 3.63) is 23.8 Å². The maximum absolute atomic E-state index is 4.35. The van der Waals surface area contributed by atoms with E-state index in [-0.39, 0.29) is 0 Å². The van der Waals surface area contributed by atoms with Gasteiger partial charge in [-0.15, -0.1) is 0 Å². The van der Waals surface area contributed by atoms with Crippen LogP contribution in [0.25, 0.3) is 0 Å². The van der Waals surface area contributed by atoms with E-state index in [1.807, 2.05) is 0 Å². The van der Waals surface area contributed by atoms with Crippen LogP contribution >= 0.6 is 0 Å². The van der Waals surface area contributed by atoms with E-state index in [0.29, 0.717) is 5.41 Å². The Hall–Kier alpha value is -0.520. The highest BCUT2D eigenvalue weighted by Crippen LogP contribution is 2.37. The first-order valence-corrected chi connectivity index (χ1v) is 8.84. The molecule has 0 aliphatic carbocycles. The lowest BCUT2D eigenvalue weighted by Gasteiger charge is -2.29. The molecule has 0 spiro atoms. The Bertz CT molecular complexity index is 280. The number of hydrogen-bond donors (Lipinski definition) is 0. The van der Waals surface area contributed by atoms with Gasteiger partial charge in [-0.2, -0.15) is 0 Å². The fourth-order valence-corrected chi connectivity index (χ4v) is 3.26. The summed E-state index contributed by atoms with van der Waals surface area (Å²) in [6.45, 7) is 15.8. The summed E-state index contributed by atoms with van der Waals surface area (Å²) in [6, 6.07) is 0. The Balaban J connectivity index is 4.00. The van der Waals surface area contributed by atoms with Crippen LogP contribution in [-0.4, -0.2) is 0 Å². The molecule has 0 atom stereocenters. The highest BCUT2D eigenvalue weighted by Gasteiger charge is 2.23. The second kappa shape index (κ2) is 11.2. The summed E-state index contributed by atoms with van der Waals surface area (Å²) in [5.74, 6) is 0. The van der Waals surface area contributed by atoms with Gasteiger partial charge in [0.25, 0.3) is 0 Å². The highest BCUT2D eigenvalue weighted by atomic mass is 14.3. The molecule has 118 valence electrons. The van der Waals surface area contributed by atoms with Crippen molar-refractivity contribution in [2.45, 2.75) is 98.8 Å². The molecule has 0 aliphatic heterocycles. The fraction of sp³-hybridized carbons (Fsp3) is 0.800. The Labute approximate surface area is 128 Å². The summed E-state index contributed by atoms with van der Waals surface area (Å²) in [5.41, 5.74) is 3.16. The predicted octanol–water partition coefficient (Wildman–Crippen LogP) is 7.46. The van der Waals surface area contributed by atoms with Gasteiger partial charge in [-0.3, -0.25) is 0 Å². The minimum atomic E-state index is 0.293. The third-order valence-electron chi connectivity index (χ3n) is 4.36. The van der Waals surface area contributed by atoms with Crippen LogP contribution < -0.4 is 0 Å². The summed E-state index contributed by atoms with van der Waals surface area (Å²) < 4.78 is 0. The molecule has 0 saturated heterocycles. The average Bonchev–Trinajstić information content (AvgIpc) is 2.38. The lowest BCUT2D eigenvalue weighted by atomic mass is 9.76. The molecule has 0 saturated carbocycles. The van der Waals surface area contributed by atoms with E-state index in [1.165, 1.54) is 75.4 Å². The van der Waals surface area contributed by atoms with Gasteiger partial charge in [0, 0.05) is 0 Å². The SMILES string of the molecule is C=C(CCCCCCCCC)/C(=C/C)C(C)(C)CCC. The van der Waals surface area contributed by atoms with E-state index < -0.39 is 0 Å². The molecule has 0 amide bonds. The van der Waals surface area contributed by atoms with E-state index in [2.05, 4.69) is 47.3 Å². The first-order chi connectivity index (χ1) is 9.49. The molecule has 0 heteroatoms. The minimum Gasteiger partial charge on any atom is -0.0955 e. The smallest absolute Gasteiger partial charge is 0.0104 e. The van der Waals surface area contributed by atoms with Gasteiger partial charge in [-0.1, -0.05) is 90.9 Å². The molecule has 0 fully saturated rings. The maximum atomic E-state index is 4.35. The van der Waals surface area contributed by atoms with Crippen LogP contribution in [0.15, 0.2) is 23.8 Å². The number of unbranched alkanes of at least 4 members (excludes halogenated alkanes) is 6. The van der Waals surface area contributed by atoms with E-state index in [9.17, 15) is 0 Å². The Morgan fingerprint density at radius 2 is 1.45 bits per heavy atom. The second-order valence-corrected chi connectivity index (χ2v) is 6.81. The molecule has 0 aromatic heterocycles. The van der Waals surface area contributed by atoms with Crippen LogP contribution in [0.5, 0.6) is 0 Å². The topological polar surface area (TPSA) is 0 Å². The van der Waals surface area contributed by atoms with Crippen LogP contribution in [0, 0.1) is 5.41 Å². The van der Waals surface area contributed by atoms with Crippen LogP contribution in [0.1, 0.15) is 98.8 Å². The van der Waals surface area contributed by atoms with E-state index in [1.54, 1.807) is 0 Å². The molecular weight excluding hydrogens is 240 g/mol. The minimum absolute atomic E-state index is 0.293. The van der Waals surface area contributed by atoms with Gasteiger partial charge in [0.2, 0.25) is 0 Å². The van der Waals surface area contributed by atoms with Crippen LogP contribution in [-0.2, 0) is 0 Å². The van der Waals surface area contributed by atoms with Crippen molar-refractivity contribution in [3.63, 3.8) is 0 Å². The van der Waals surface area contributed by atoms with Crippen molar-refractivity contribution in [1.82, 2.24) is 0 Å². The molecular formula is C20H38. The molecule has 0 nitrogen and oxygen atoms in total. The lowest BCUT2D eigenvalue weighted by molar-refractivity contribution is 0.404. The van der Waals surface area contributed by atoms with Crippen LogP contribution in [0.2, 0.25) is 0 Å². The molecule has 0 aromatic carbocycles. The standard InChI is InChI=1S/C20H38/c1-7-10-11-12-13-14-15-16-18(4)19(9-3)20(5,6)17-8-2/h9H,4,7-8,10-17H2,1-3,5-6H3/b19-9-. The van der Waals surface area contributed by atoms with Crippen LogP contribution in [0.4, 0.5) is 0 Å². The second-order valence-electron chi connectivity index (χ2n) is 6.81. The summed E-state index contributed by atoms with van der Waals surface area (Å²) in [7, 11) is 0. The fourth-order valence-electron chi connectivity index (χ4n) is 3.26. The molecule has 0 N–H and O–H groups in total. The molecule has 0 radical (unpaired) electrons. The van der Waals surface area contributed by atoms with Gasteiger partial charge in [0.15, 0.2) is 0 Å². The molecule has 0 bridgehead atoms. The summed E-state index contributed by atoms with van der Waals surface area (Å²) in [4.78, 5) is 0. The lowest BCUT2D eigenvalue weighted by Crippen LogP contribution is -2.16. The quantitative estimate of drug-likeness (QED) is 0.257. The Morgan fingerprint density at radius 3 is 1.95 bits per heavy atom. The number of hydrogen-bond acceptors (Lipinski definition) is 0. The van der Waals surface area contributed by atoms with Crippen molar-refractivity contribution >= 4 is 0 Å². The first-order valence-electron chi connectivity index (χ1n) is 8.84. The molecule has 0 unspecified atom stereocenters. The maximum Gasteiger partial charge on any atom is -0.0104 e. The zero-order chi connectivity index (χ0) is 15.4. The predicted molar refractivity (Wildman–Crippen MR) is 94.2 cm³/mol. The molecule has 20 heavy (non-hydrogen) atoms. The van der Waals surface area contributed by atoms with Gasteiger partial charge in [-0.05, 0) is 37.2 Å². The van der Waals surface area contributed by atoms with Crippen molar-refractivity contribution in [2.24, 2.45) is 5.41 Å². The van der Waals surface area contributed by atoms with E-state index in [0.717, 1.165) is 0 Å². The summed E-state index contributed by atoms with van der Waals surface area (Å²) >= 11 is 0. The van der Waals surface area contributed by atoms with Crippen LogP contribution in [0.3, 0.4) is 0 Å². The van der Waals surface area contributed by atoms with Gasteiger partial charge < -0.3 is 0 Å². The van der Waals surface area contributed by atoms with Crippen molar-refractivity contribution in [1.29, 1.82) is 0 Å². The van der Waals surface area contributed by atoms with E-state index >= 15 is 0 Å². The molecule has 0 aliphatic rings. The van der Waals surface area contributed by atoms with E-state index in [4.69, 9.17) is 0 Å². The normalized spacial score (nSPS) is 12.8. The van der Waals surface area contributed by atoms with Gasteiger partial charge in [0.1, 0.15) is 0 Å². The molecule has 0 aromatic rings. The Kier molecular flexibility index (Phi) is 10.9. The third kappa shape index (κ3) is 7.92. The number of allylic oxidation sites excluding steroid dienone is 3. The number of rotatable bonds is 12. The summed E-state index contributed by atoms with van der Waals surface area (Å²) in [5, 5.41) is 0. The van der Waals surface area contributed by atoms with Gasteiger partial charge in [-0.25, -0.2) is 0 Å². The zero-order valence-corrected chi connectivity index (χ0v) is 14.9. The molecule has 0 rings (SSSR count). The zero-order valence-electron chi connectivity index (χ0n) is 14.9. The van der Waals surface area contributed by atoms with Gasteiger partial charge in [0.05, 0.1) is 0 Å². The first kappa shape index (κ1) is 19.5. The summed E-state index contributed by atoms with van der Waals surface area (Å²) in [6.07, 6.45) is 15.6. The largest absolute Gasteiger partial charge is 0.0955 e. The highest BCUT2D eigenvalue weighted by molar-refractivity contribution is 5.33.